The number of pyridine rings is 1. The lowest BCUT2D eigenvalue weighted by molar-refractivity contribution is 0.637. The average Bonchev–Trinajstić information content (AvgIpc) is 3.04. The van der Waals surface area contributed by atoms with Gasteiger partial charge < -0.3 is 21.4 Å². The molecule has 8 heteroatoms. The van der Waals surface area contributed by atoms with E-state index in [1.54, 1.807) is 18.3 Å². The molecular formula is C22H24FN7. The minimum absolute atomic E-state index is 0.226. The van der Waals surface area contributed by atoms with Crippen molar-refractivity contribution in [2.45, 2.75) is 27.2 Å². The SMILES string of the molecule is Cc1nc(NCCc2c(C)[nH]c3c(F)ccc(C)c23)cc(Nc2ccc(N)cn2)n1. The van der Waals surface area contributed by atoms with E-state index in [0.29, 0.717) is 41.0 Å². The molecular weight excluding hydrogens is 381 g/mol. The molecule has 0 aliphatic heterocycles. The summed E-state index contributed by atoms with van der Waals surface area (Å²) in [7, 11) is 0. The summed E-state index contributed by atoms with van der Waals surface area (Å²) in [6, 6.07) is 8.72. The first-order chi connectivity index (χ1) is 14.4. The molecule has 7 nitrogen and oxygen atoms in total. The van der Waals surface area contributed by atoms with Crippen LogP contribution in [-0.4, -0.2) is 26.5 Å². The Hall–Kier alpha value is -3.68. The number of hydrogen-bond acceptors (Lipinski definition) is 6. The van der Waals surface area contributed by atoms with Gasteiger partial charge in [-0.15, -0.1) is 0 Å². The number of nitrogens with two attached hydrogens (primary N) is 1. The number of rotatable bonds is 6. The van der Waals surface area contributed by atoms with Crippen molar-refractivity contribution in [3.8, 4) is 0 Å². The molecule has 3 heterocycles. The van der Waals surface area contributed by atoms with Gasteiger partial charge in [0.15, 0.2) is 0 Å². The molecule has 0 unspecified atom stereocenters. The number of hydrogen-bond donors (Lipinski definition) is 4. The minimum Gasteiger partial charge on any atom is -0.397 e. The highest BCUT2D eigenvalue weighted by molar-refractivity contribution is 5.88. The number of halogens is 1. The molecule has 0 radical (unpaired) electrons. The summed E-state index contributed by atoms with van der Waals surface area (Å²) in [5.41, 5.74) is 10.0. The summed E-state index contributed by atoms with van der Waals surface area (Å²) in [6.45, 7) is 6.47. The lowest BCUT2D eigenvalue weighted by Gasteiger charge is -2.10. The van der Waals surface area contributed by atoms with Gasteiger partial charge in [0.25, 0.3) is 0 Å². The summed E-state index contributed by atoms with van der Waals surface area (Å²) in [5, 5.41) is 7.47. The molecule has 0 atom stereocenters. The molecule has 3 aromatic heterocycles. The first kappa shape index (κ1) is 19.6. The summed E-state index contributed by atoms with van der Waals surface area (Å²) in [4.78, 5) is 16.3. The fourth-order valence-electron chi connectivity index (χ4n) is 3.60. The summed E-state index contributed by atoms with van der Waals surface area (Å²) in [6.07, 6.45) is 2.32. The molecule has 154 valence electrons. The van der Waals surface area contributed by atoms with Crippen molar-refractivity contribution in [1.82, 2.24) is 19.9 Å². The zero-order chi connectivity index (χ0) is 21.3. The smallest absolute Gasteiger partial charge is 0.147 e. The molecule has 0 amide bonds. The maximum Gasteiger partial charge on any atom is 0.147 e. The van der Waals surface area contributed by atoms with Gasteiger partial charge in [0.05, 0.1) is 17.4 Å². The van der Waals surface area contributed by atoms with Gasteiger partial charge >= 0.3 is 0 Å². The second-order valence-electron chi connectivity index (χ2n) is 7.31. The van der Waals surface area contributed by atoms with Crippen molar-refractivity contribution in [3.05, 3.63) is 65.0 Å². The second kappa shape index (κ2) is 7.98. The molecule has 0 aliphatic carbocycles. The van der Waals surface area contributed by atoms with Crippen LogP contribution < -0.4 is 16.4 Å². The third-order valence-corrected chi connectivity index (χ3v) is 4.99. The van der Waals surface area contributed by atoms with Crippen LogP contribution in [0, 0.1) is 26.6 Å². The molecule has 0 saturated carbocycles. The van der Waals surface area contributed by atoms with E-state index in [1.165, 1.54) is 6.07 Å². The minimum atomic E-state index is -0.226. The zero-order valence-corrected chi connectivity index (χ0v) is 17.2. The number of fused-ring (bicyclic) bond motifs is 1. The van der Waals surface area contributed by atoms with Gasteiger partial charge in [-0.05, 0) is 56.5 Å². The monoisotopic (exact) mass is 405 g/mol. The van der Waals surface area contributed by atoms with E-state index in [9.17, 15) is 4.39 Å². The second-order valence-corrected chi connectivity index (χ2v) is 7.31. The Morgan fingerprint density at radius 2 is 1.83 bits per heavy atom. The Balaban J connectivity index is 1.49. The third kappa shape index (κ3) is 4.03. The Morgan fingerprint density at radius 1 is 1.03 bits per heavy atom. The molecule has 0 fully saturated rings. The van der Waals surface area contributed by atoms with Crippen molar-refractivity contribution in [1.29, 1.82) is 0 Å². The molecule has 0 spiro atoms. The fraction of sp³-hybridized carbons (Fsp3) is 0.227. The number of benzene rings is 1. The number of anilines is 4. The van der Waals surface area contributed by atoms with Crippen LogP contribution in [0.3, 0.4) is 0 Å². The van der Waals surface area contributed by atoms with Crippen LogP contribution in [0.15, 0.2) is 36.5 Å². The number of aryl methyl sites for hydroxylation is 3. The van der Waals surface area contributed by atoms with Gasteiger partial charge in [-0.3, -0.25) is 0 Å². The van der Waals surface area contributed by atoms with Crippen LogP contribution in [0.2, 0.25) is 0 Å². The highest BCUT2D eigenvalue weighted by atomic mass is 19.1. The van der Waals surface area contributed by atoms with Crippen LogP contribution in [-0.2, 0) is 6.42 Å². The standard InChI is InChI=1S/C22H24FN7/c1-12-4-6-17(23)22-21(12)16(13(2)27-22)8-9-25-19-10-20(29-14(3)28-19)30-18-7-5-15(24)11-26-18/h4-7,10-11,27H,8-9,24H2,1-3H3,(H2,25,26,28,29,30). The molecule has 4 rings (SSSR count). The number of nitrogens with one attached hydrogen (secondary N) is 3. The Bertz CT molecular complexity index is 1200. The lowest BCUT2D eigenvalue weighted by Crippen LogP contribution is -2.09. The zero-order valence-electron chi connectivity index (χ0n) is 17.2. The van der Waals surface area contributed by atoms with Crippen LogP contribution >= 0.6 is 0 Å². The Morgan fingerprint density at radius 3 is 2.60 bits per heavy atom. The van der Waals surface area contributed by atoms with E-state index in [1.807, 2.05) is 32.9 Å². The topological polar surface area (TPSA) is 105 Å². The largest absolute Gasteiger partial charge is 0.397 e. The van der Waals surface area contributed by atoms with Crippen molar-refractivity contribution in [3.63, 3.8) is 0 Å². The van der Waals surface area contributed by atoms with Crippen molar-refractivity contribution < 1.29 is 4.39 Å². The Labute approximate surface area is 174 Å². The first-order valence-electron chi connectivity index (χ1n) is 9.75. The number of nitrogen functional groups attached to an aromatic ring is 1. The third-order valence-electron chi connectivity index (χ3n) is 4.99. The van der Waals surface area contributed by atoms with Crippen LogP contribution in [0.1, 0.15) is 22.6 Å². The summed E-state index contributed by atoms with van der Waals surface area (Å²) < 4.78 is 14.2. The number of H-pyrrole nitrogens is 1. The van der Waals surface area contributed by atoms with E-state index < -0.39 is 0 Å². The molecule has 30 heavy (non-hydrogen) atoms. The maximum atomic E-state index is 14.2. The molecule has 5 N–H and O–H groups in total. The normalized spacial score (nSPS) is 11.1. The van der Waals surface area contributed by atoms with E-state index in [-0.39, 0.29) is 5.82 Å². The number of aromatic amines is 1. The fourth-order valence-corrected chi connectivity index (χ4v) is 3.60. The van der Waals surface area contributed by atoms with E-state index in [4.69, 9.17) is 5.73 Å². The van der Waals surface area contributed by atoms with Crippen molar-refractivity contribution in [2.24, 2.45) is 0 Å². The lowest BCUT2D eigenvalue weighted by atomic mass is 10.0. The molecule has 0 aliphatic rings. The van der Waals surface area contributed by atoms with Gasteiger partial charge in [-0.25, -0.2) is 19.3 Å². The predicted octanol–water partition coefficient (Wildman–Crippen LogP) is 4.40. The molecule has 1 aromatic carbocycles. The predicted molar refractivity (Wildman–Crippen MR) is 119 cm³/mol. The van der Waals surface area contributed by atoms with Crippen LogP contribution in [0.5, 0.6) is 0 Å². The Kier molecular flexibility index (Phi) is 5.22. The summed E-state index contributed by atoms with van der Waals surface area (Å²) in [5.74, 6) is 2.42. The highest BCUT2D eigenvalue weighted by Crippen LogP contribution is 2.28. The number of aromatic nitrogens is 4. The average molecular weight is 405 g/mol. The van der Waals surface area contributed by atoms with E-state index >= 15 is 0 Å². The molecule has 4 aromatic rings. The van der Waals surface area contributed by atoms with Gasteiger partial charge in [0.2, 0.25) is 0 Å². The van der Waals surface area contributed by atoms with Crippen molar-refractivity contribution in [2.75, 3.05) is 22.9 Å². The molecule has 0 bridgehead atoms. The van der Waals surface area contributed by atoms with Crippen molar-refractivity contribution >= 4 is 34.0 Å². The highest BCUT2D eigenvalue weighted by Gasteiger charge is 2.14. The quantitative estimate of drug-likeness (QED) is 0.379. The van der Waals surface area contributed by atoms with E-state index in [2.05, 4.69) is 30.6 Å². The molecule has 0 saturated heterocycles. The summed E-state index contributed by atoms with van der Waals surface area (Å²) >= 11 is 0. The van der Waals surface area contributed by atoms with Gasteiger partial charge in [-0.2, -0.15) is 0 Å². The van der Waals surface area contributed by atoms with Gasteiger partial charge in [-0.1, -0.05) is 6.07 Å². The first-order valence-corrected chi connectivity index (χ1v) is 9.75. The maximum absolute atomic E-state index is 14.2. The van der Waals surface area contributed by atoms with Crippen LogP contribution in [0.4, 0.5) is 27.5 Å². The van der Waals surface area contributed by atoms with E-state index in [0.717, 1.165) is 28.6 Å². The van der Waals surface area contributed by atoms with Crippen LogP contribution in [0.25, 0.3) is 10.9 Å². The number of nitrogens with zero attached hydrogens (tertiary/aromatic N) is 3. The van der Waals surface area contributed by atoms with Gasteiger partial charge in [0.1, 0.15) is 29.1 Å². The van der Waals surface area contributed by atoms with Gasteiger partial charge in [0, 0.05) is 23.7 Å².